The Hall–Kier alpha value is -4.01. The van der Waals surface area contributed by atoms with Crippen LogP contribution in [-0.4, -0.2) is 75.5 Å². The Kier molecular flexibility index (Phi) is 40.8. The third-order valence-electron chi connectivity index (χ3n) is 10.1. The van der Waals surface area contributed by atoms with Gasteiger partial charge in [0.25, 0.3) is 0 Å². The number of esters is 2. The zero-order valence-electron chi connectivity index (χ0n) is 39.7. The highest BCUT2D eigenvalue weighted by molar-refractivity contribution is 5.70. The molecule has 0 bridgehead atoms. The monoisotopic (exact) mass is 862 g/mol. The van der Waals surface area contributed by atoms with Gasteiger partial charge in [0.1, 0.15) is 12.6 Å². The van der Waals surface area contributed by atoms with Gasteiger partial charge in [-0.1, -0.05) is 187 Å². The standard InChI is InChI=1S/C54H87NO7/c1-6-8-10-12-14-16-18-20-22-24-25-26-27-29-31-33-35-37-39-41-43-45-53(57)62-50(48-60-47-46-51(54(58)59)55(3,4)5)49-61-52(56)44-42-40-38-36-34-32-30-28-23-21-19-17-15-13-11-9-7-2/h8-11,13-17,19-23,28,30,32,34,50-51H,6-7,12,18,24-27,29,31,33,35-49H2,1-5H3/b10-8+,11-9+,15-13+,16-14+,19-17+,22-20+,23-21+,30-28+,34-32+. The molecule has 0 aromatic carbocycles. The van der Waals surface area contributed by atoms with Crippen LogP contribution in [-0.2, 0) is 28.6 Å². The average Bonchev–Trinajstić information content (AvgIpc) is 3.23. The number of carboxylic acids is 1. The van der Waals surface area contributed by atoms with E-state index in [-0.39, 0.29) is 42.7 Å². The third-order valence-corrected chi connectivity index (χ3v) is 10.1. The van der Waals surface area contributed by atoms with E-state index in [0.29, 0.717) is 19.3 Å². The topological polar surface area (TPSA) is 102 Å². The summed E-state index contributed by atoms with van der Waals surface area (Å²) in [5.74, 6) is -1.81. The molecule has 0 fully saturated rings. The van der Waals surface area contributed by atoms with Crippen LogP contribution < -0.4 is 5.11 Å². The van der Waals surface area contributed by atoms with Gasteiger partial charge in [-0.25, -0.2) is 0 Å². The molecule has 0 aliphatic carbocycles. The number of likely N-dealkylation sites (N-methyl/N-ethyl adjacent to an activating group) is 1. The highest BCUT2D eigenvalue weighted by atomic mass is 16.6. The smallest absolute Gasteiger partial charge is 0.306 e. The number of carbonyl (C=O) groups excluding carboxylic acids is 3. The van der Waals surface area contributed by atoms with Crippen LogP contribution in [0, 0.1) is 0 Å². The second kappa shape index (κ2) is 43.6. The van der Waals surface area contributed by atoms with Crippen LogP contribution in [0.5, 0.6) is 0 Å². The molecule has 0 saturated carbocycles. The SMILES string of the molecule is CC/C=C/C=C/C=C/C=C/C=C/C=C/CCCCCC(=O)OCC(COCCC(C(=O)[O-])[N+](C)(C)C)OC(=O)CCCCCCCCCCCCC/C=C/C/C=C/C/C=C/CC. The van der Waals surface area contributed by atoms with Crippen molar-refractivity contribution in [2.24, 2.45) is 0 Å². The molecule has 0 amide bonds. The number of carboxylic acid groups (broad SMARTS) is 1. The maximum Gasteiger partial charge on any atom is 0.306 e. The summed E-state index contributed by atoms with van der Waals surface area (Å²) in [5, 5.41) is 11.7. The number of hydrogen-bond donors (Lipinski definition) is 0. The summed E-state index contributed by atoms with van der Waals surface area (Å²) in [7, 11) is 5.38. The zero-order valence-corrected chi connectivity index (χ0v) is 39.7. The molecule has 2 atom stereocenters. The van der Waals surface area contributed by atoms with Gasteiger partial charge in [0.15, 0.2) is 6.10 Å². The summed E-state index contributed by atoms with van der Waals surface area (Å²) in [6, 6.07) is -0.740. The number of hydrogen-bond acceptors (Lipinski definition) is 7. The minimum Gasteiger partial charge on any atom is -0.544 e. The summed E-state index contributed by atoms with van der Waals surface area (Å²) >= 11 is 0. The van der Waals surface area contributed by atoms with Crippen molar-refractivity contribution < 1.29 is 38.2 Å². The maximum atomic E-state index is 12.8. The maximum absolute atomic E-state index is 12.8. The molecule has 62 heavy (non-hydrogen) atoms. The van der Waals surface area contributed by atoms with Crippen molar-refractivity contribution in [2.75, 3.05) is 41.0 Å². The summed E-state index contributed by atoms with van der Waals surface area (Å²) in [6.07, 6.45) is 59.7. The highest BCUT2D eigenvalue weighted by Gasteiger charge is 2.25. The van der Waals surface area contributed by atoms with E-state index < -0.39 is 18.1 Å². The molecule has 0 rings (SSSR count). The van der Waals surface area contributed by atoms with Crippen molar-refractivity contribution in [1.82, 2.24) is 0 Å². The van der Waals surface area contributed by atoms with Crippen LogP contribution in [0.25, 0.3) is 0 Å². The minimum atomic E-state index is -1.14. The van der Waals surface area contributed by atoms with E-state index in [2.05, 4.69) is 62.5 Å². The van der Waals surface area contributed by atoms with Crippen molar-refractivity contribution in [3.63, 3.8) is 0 Å². The van der Waals surface area contributed by atoms with E-state index in [0.717, 1.165) is 64.2 Å². The van der Waals surface area contributed by atoms with Crippen molar-refractivity contribution in [1.29, 1.82) is 0 Å². The van der Waals surface area contributed by atoms with Gasteiger partial charge in [-0.3, -0.25) is 9.59 Å². The lowest BCUT2D eigenvalue weighted by Crippen LogP contribution is -2.55. The Bertz CT molecular complexity index is 1370. The molecule has 0 radical (unpaired) electrons. The van der Waals surface area contributed by atoms with Crippen LogP contribution in [0.1, 0.15) is 162 Å². The molecule has 0 N–H and O–H groups in total. The lowest BCUT2D eigenvalue weighted by atomic mass is 10.0. The largest absolute Gasteiger partial charge is 0.544 e. The summed E-state index contributed by atoms with van der Waals surface area (Å²) in [6.45, 7) is 4.34. The van der Waals surface area contributed by atoms with Gasteiger partial charge in [-0.05, 0) is 64.2 Å². The van der Waals surface area contributed by atoms with Gasteiger partial charge in [0.2, 0.25) is 0 Å². The summed E-state index contributed by atoms with van der Waals surface area (Å²) < 4.78 is 17.2. The number of unbranched alkanes of at least 4 members (excludes halogenated alkanes) is 14. The number of allylic oxidation sites excluding steroid dienone is 18. The molecule has 0 aromatic rings. The van der Waals surface area contributed by atoms with Crippen molar-refractivity contribution >= 4 is 17.9 Å². The number of ether oxygens (including phenoxy) is 3. The molecule has 0 heterocycles. The second-order valence-corrected chi connectivity index (χ2v) is 16.7. The molecule has 0 spiro atoms. The molecule has 8 heteroatoms. The molecule has 0 aromatic heterocycles. The normalized spacial score (nSPS) is 13.9. The minimum absolute atomic E-state index is 0.0178. The van der Waals surface area contributed by atoms with Crippen molar-refractivity contribution in [2.45, 2.75) is 174 Å². The van der Waals surface area contributed by atoms with E-state index in [1.807, 2.05) is 60.8 Å². The number of carbonyl (C=O) groups is 3. The van der Waals surface area contributed by atoms with Crippen LogP contribution in [0.2, 0.25) is 0 Å². The number of nitrogens with zero attached hydrogens (tertiary/aromatic N) is 1. The fourth-order valence-corrected chi connectivity index (χ4v) is 6.41. The van der Waals surface area contributed by atoms with Gasteiger partial charge in [-0.2, -0.15) is 0 Å². The van der Waals surface area contributed by atoms with Crippen molar-refractivity contribution in [3.8, 4) is 0 Å². The first kappa shape index (κ1) is 58.0. The molecule has 0 aliphatic rings. The summed E-state index contributed by atoms with van der Waals surface area (Å²) in [4.78, 5) is 37.0. The van der Waals surface area contributed by atoms with Crippen LogP contribution in [0.15, 0.2) is 109 Å². The fraction of sp³-hybridized carbons (Fsp3) is 0.611. The van der Waals surface area contributed by atoms with Gasteiger partial charge >= 0.3 is 11.9 Å². The average molecular weight is 862 g/mol. The lowest BCUT2D eigenvalue weighted by Gasteiger charge is -2.34. The van der Waals surface area contributed by atoms with E-state index in [1.165, 1.54) is 57.8 Å². The van der Waals surface area contributed by atoms with Gasteiger partial charge in [0.05, 0.1) is 40.3 Å². The predicted molar refractivity (Wildman–Crippen MR) is 258 cm³/mol. The third kappa shape index (κ3) is 41.3. The molecule has 8 nitrogen and oxygen atoms in total. The molecule has 2 unspecified atom stereocenters. The summed E-state index contributed by atoms with van der Waals surface area (Å²) in [5.41, 5.74) is 0. The first-order valence-electron chi connectivity index (χ1n) is 24.0. The first-order chi connectivity index (χ1) is 30.1. The van der Waals surface area contributed by atoms with E-state index in [4.69, 9.17) is 14.2 Å². The molecule has 0 saturated heterocycles. The Morgan fingerprint density at radius 2 is 0.935 bits per heavy atom. The Balaban J connectivity index is 4.38. The zero-order chi connectivity index (χ0) is 45.6. The lowest BCUT2D eigenvalue weighted by molar-refractivity contribution is -0.889. The van der Waals surface area contributed by atoms with Crippen molar-refractivity contribution in [3.05, 3.63) is 109 Å². The van der Waals surface area contributed by atoms with Crippen LogP contribution in [0.3, 0.4) is 0 Å². The van der Waals surface area contributed by atoms with Crippen LogP contribution >= 0.6 is 0 Å². The highest BCUT2D eigenvalue weighted by Crippen LogP contribution is 2.14. The quantitative estimate of drug-likeness (QED) is 0.0198. The number of aliphatic carboxylic acids is 1. The second-order valence-electron chi connectivity index (χ2n) is 16.7. The molecule has 350 valence electrons. The van der Waals surface area contributed by atoms with E-state index in [9.17, 15) is 19.5 Å². The fourth-order valence-electron chi connectivity index (χ4n) is 6.41. The van der Waals surface area contributed by atoms with E-state index in [1.54, 1.807) is 21.1 Å². The number of rotatable bonds is 41. The first-order valence-corrected chi connectivity index (χ1v) is 24.0. The number of quaternary nitrogens is 1. The predicted octanol–water partition coefficient (Wildman–Crippen LogP) is 12.3. The van der Waals surface area contributed by atoms with Crippen LogP contribution in [0.4, 0.5) is 0 Å². The Morgan fingerprint density at radius 3 is 1.47 bits per heavy atom. The molecule has 0 aliphatic heterocycles. The molecular weight excluding hydrogens is 775 g/mol. The Labute approximate surface area is 378 Å². The van der Waals surface area contributed by atoms with Gasteiger partial charge in [-0.15, -0.1) is 0 Å². The van der Waals surface area contributed by atoms with E-state index >= 15 is 0 Å². The molecular formula is C54H87NO7. The Morgan fingerprint density at radius 1 is 0.500 bits per heavy atom. The van der Waals surface area contributed by atoms with Gasteiger partial charge in [0, 0.05) is 19.3 Å². The van der Waals surface area contributed by atoms with Gasteiger partial charge < -0.3 is 28.6 Å².